The standard InChI is InChI=1S/C23H45N2.ClH/c1-3-5-6-7-8-9-10-11-12-13-14-15-16-17-18-19-20-25-22-21-24(4-2)23-25;/h21-23H,3-20H2,1-2H3;1H/q+1;/p-1. The minimum atomic E-state index is 0. The molecule has 2 nitrogen and oxygen atoms in total. The minimum Gasteiger partial charge on any atom is -1.00 e. The molecule has 0 radical (unpaired) electrons. The zero-order valence-corrected chi connectivity index (χ0v) is 18.5. The van der Waals surface area contributed by atoms with Gasteiger partial charge in [-0.05, 0) is 19.8 Å². The molecule has 0 bridgehead atoms. The van der Waals surface area contributed by atoms with Crippen LogP contribution in [0.5, 0.6) is 0 Å². The molecule has 0 fully saturated rings. The first kappa shape index (κ1) is 25.5. The van der Waals surface area contributed by atoms with Gasteiger partial charge in [-0.25, -0.2) is 9.13 Å². The summed E-state index contributed by atoms with van der Waals surface area (Å²) >= 11 is 0. The van der Waals surface area contributed by atoms with E-state index in [9.17, 15) is 0 Å². The van der Waals surface area contributed by atoms with Gasteiger partial charge >= 0.3 is 0 Å². The molecule has 1 aromatic rings. The highest BCUT2D eigenvalue weighted by atomic mass is 35.5. The second-order valence-electron chi connectivity index (χ2n) is 7.79. The Labute approximate surface area is 170 Å². The highest BCUT2D eigenvalue weighted by molar-refractivity contribution is 4.64. The molecule has 1 heterocycles. The summed E-state index contributed by atoms with van der Waals surface area (Å²) in [5.74, 6) is 0. The summed E-state index contributed by atoms with van der Waals surface area (Å²) in [6.07, 6.45) is 29.7. The van der Waals surface area contributed by atoms with Crippen LogP contribution >= 0.6 is 0 Å². The maximum absolute atomic E-state index is 2.33. The number of nitrogens with zero attached hydrogens (tertiary/aromatic N) is 2. The Morgan fingerprint density at radius 3 is 1.42 bits per heavy atom. The fourth-order valence-electron chi connectivity index (χ4n) is 3.60. The maximum Gasteiger partial charge on any atom is 0.243 e. The summed E-state index contributed by atoms with van der Waals surface area (Å²) in [7, 11) is 0. The molecular formula is C23H45ClN2. The van der Waals surface area contributed by atoms with E-state index >= 15 is 0 Å². The van der Waals surface area contributed by atoms with E-state index in [1.165, 1.54) is 109 Å². The van der Waals surface area contributed by atoms with Crippen molar-refractivity contribution in [2.45, 2.75) is 130 Å². The molecular weight excluding hydrogens is 340 g/mol. The summed E-state index contributed by atoms with van der Waals surface area (Å²) in [6.45, 7) is 6.75. The van der Waals surface area contributed by atoms with Crippen molar-refractivity contribution in [3.05, 3.63) is 18.7 Å². The van der Waals surface area contributed by atoms with E-state index in [-0.39, 0.29) is 12.4 Å². The Morgan fingerprint density at radius 2 is 1.04 bits per heavy atom. The van der Waals surface area contributed by atoms with Crippen LogP contribution in [0, 0.1) is 0 Å². The van der Waals surface area contributed by atoms with Gasteiger partial charge in [-0.2, -0.15) is 0 Å². The van der Waals surface area contributed by atoms with Gasteiger partial charge in [-0.15, -0.1) is 0 Å². The van der Waals surface area contributed by atoms with Crippen molar-refractivity contribution in [1.29, 1.82) is 0 Å². The lowest BCUT2D eigenvalue weighted by atomic mass is 10.0. The highest BCUT2D eigenvalue weighted by Gasteiger charge is 2.01. The van der Waals surface area contributed by atoms with Crippen LogP contribution in [0.2, 0.25) is 0 Å². The molecule has 0 aromatic carbocycles. The average molecular weight is 385 g/mol. The third-order valence-corrected chi connectivity index (χ3v) is 5.38. The van der Waals surface area contributed by atoms with Gasteiger partial charge < -0.3 is 12.4 Å². The maximum atomic E-state index is 2.33. The molecule has 0 unspecified atom stereocenters. The number of halogens is 1. The van der Waals surface area contributed by atoms with Crippen molar-refractivity contribution in [2.75, 3.05) is 0 Å². The Morgan fingerprint density at radius 1 is 0.615 bits per heavy atom. The van der Waals surface area contributed by atoms with E-state index < -0.39 is 0 Å². The van der Waals surface area contributed by atoms with Crippen LogP contribution in [0.15, 0.2) is 18.7 Å². The first-order valence-electron chi connectivity index (χ1n) is 11.4. The van der Waals surface area contributed by atoms with E-state index in [2.05, 4.69) is 41.7 Å². The first-order valence-corrected chi connectivity index (χ1v) is 11.4. The summed E-state index contributed by atoms with van der Waals surface area (Å²) in [5.41, 5.74) is 0. The zero-order valence-electron chi connectivity index (χ0n) is 17.7. The molecule has 0 saturated heterocycles. The molecule has 1 rings (SSSR count). The molecule has 1 aromatic heterocycles. The predicted octanol–water partition coefficient (Wildman–Crippen LogP) is 4.06. The van der Waals surface area contributed by atoms with Crippen LogP contribution in [0.4, 0.5) is 0 Å². The van der Waals surface area contributed by atoms with Gasteiger partial charge in [0.2, 0.25) is 6.33 Å². The van der Waals surface area contributed by atoms with E-state index in [4.69, 9.17) is 0 Å². The molecule has 0 N–H and O–H groups in total. The van der Waals surface area contributed by atoms with Gasteiger partial charge in [0.25, 0.3) is 0 Å². The molecule has 0 amide bonds. The normalized spacial score (nSPS) is 10.8. The molecule has 0 aliphatic rings. The van der Waals surface area contributed by atoms with Crippen LogP contribution < -0.4 is 17.0 Å². The van der Waals surface area contributed by atoms with Gasteiger partial charge in [0, 0.05) is 0 Å². The lowest BCUT2D eigenvalue weighted by molar-refractivity contribution is -0.696. The topological polar surface area (TPSA) is 8.81 Å². The second-order valence-corrected chi connectivity index (χ2v) is 7.79. The predicted molar refractivity (Wildman–Crippen MR) is 110 cm³/mol. The fourth-order valence-corrected chi connectivity index (χ4v) is 3.60. The molecule has 0 spiro atoms. The summed E-state index contributed by atoms with van der Waals surface area (Å²) in [6, 6.07) is 0. The number of aryl methyl sites for hydroxylation is 2. The highest BCUT2D eigenvalue weighted by Crippen LogP contribution is 2.13. The average Bonchev–Trinajstić information content (AvgIpc) is 3.09. The van der Waals surface area contributed by atoms with Crippen molar-refractivity contribution < 1.29 is 17.0 Å². The molecule has 154 valence electrons. The SMILES string of the molecule is CCCCCCCCCCCCCCCCCC[n+]1ccn(CC)c1.[Cl-]. The molecule has 0 saturated carbocycles. The van der Waals surface area contributed by atoms with E-state index in [1.54, 1.807) is 0 Å². The molecule has 3 heteroatoms. The van der Waals surface area contributed by atoms with Crippen molar-refractivity contribution in [3.63, 3.8) is 0 Å². The zero-order chi connectivity index (χ0) is 18.0. The number of imidazole rings is 1. The Kier molecular flexibility index (Phi) is 18.9. The van der Waals surface area contributed by atoms with Gasteiger partial charge in [0.1, 0.15) is 12.4 Å². The van der Waals surface area contributed by atoms with Crippen LogP contribution in [-0.2, 0) is 13.1 Å². The third-order valence-electron chi connectivity index (χ3n) is 5.38. The summed E-state index contributed by atoms with van der Waals surface area (Å²) in [4.78, 5) is 0. The van der Waals surface area contributed by atoms with Crippen molar-refractivity contribution in [1.82, 2.24) is 4.57 Å². The molecule has 0 aliphatic heterocycles. The van der Waals surface area contributed by atoms with Gasteiger partial charge in [0.15, 0.2) is 0 Å². The largest absolute Gasteiger partial charge is 1.00 e. The lowest BCUT2D eigenvalue weighted by Gasteiger charge is -2.03. The Balaban J connectivity index is 0.00000625. The van der Waals surface area contributed by atoms with E-state index in [1.807, 2.05) is 0 Å². The number of hydrogen-bond acceptors (Lipinski definition) is 0. The quantitative estimate of drug-likeness (QED) is 0.266. The monoisotopic (exact) mass is 384 g/mol. The Bertz CT molecular complexity index is 389. The number of unbranched alkanes of at least 4 members (excludes halogenated alkanes) is 15. The Hall–Kier alpha value is -0.500. The van der Waals surface area contributed by atoms with Crippen LogP contribution in [-0.4, -0.2) is 4.57 Å². The van der Waals surface area contributed by atoms with Crippen molar-refractivity contribution in [2.24, 2.45) is 0 Å². The van der Waals surface area contributed by atoms with Crippen molar-refractivity contribution >= 4 is 0 Å². The van der Waals surface area contributed by atoms with E-state index in [0.717, 1.165) is 6.54 Å². The van der Waals surface area contributed by atoms with Gasteiger partial charge in [-0.1, -0.05) is 96.8 Å². The van der Waals surface area contributed by atoms with E-state index in [0.29, 0.717) is 0 Å². The molecule has 26 heavy (non-hydrogen) atoms. The van der Waals surface area contributed by atoms with Crippen molar-refractivity contribution in [3.8, 4) is 0 Å². The summed E-state index contributed by atoms with van der Waals surface area (Å²) < 4.78 is 4.57. The van der Waals surface area contributed by atoms with Crippen LogP contribution in [0.3, 0.4) is 0 Å². The number of hydrogen-bond donors (Lipinski definition) is 0. The van der Waals surface area contributed by atoms with Gasteiger partial charge in [0.05, 0.1) is 13.1 Å². The number of rotatable bonds is 18. The first-order chi connectivity index (χ1) is 12.4. The second kappa shape index (κ2) is 19.3. The smallest absolute Gasteiger partial charge is 0.243 e. The van der Waals surface area contributed by atoms with Crippen LogP contribution in [0.1, 0.15) is 117 Å². The lowest BCUT2D eigenvalue weighted by Crippen LogP contribution is -3.00. The van der Waals surface area contributed by atoms with Gasteiger partial charge in [-0.3, -0.25) is 0 Å². The van der Waals surface area contributed by atoms with Crippen LogP contribution in [0.25, 0.3) is 0 Å². The molecule has 0 aliphatic carbocycles. The summed E-state index contributed by atoms with van der Waals surface area (Å²) in [5, 5.41) is 0. The third kappa shape index (κ3) is 14.6. The fraction of sp³-hybridized carbons (Fsp3) is 0.870. The molecule has 0 atom stereocenters. The number of aromatic nitrogens is 2. The minimum absolute atomic E-state index is 0.